The minimum absolute atomic E-state index is 0.261. The van der Waals surface area contributed by atoms with Crippen molar-refractivity contribution < 1.29 is 14.1 Å². The lowest BCUT2D eigenvalue weighted by atomic mass is 10.3. The van der Waals surface area contributed by atoms with E-state index < -0.39 is 0 Å². The fourth-order valence-electron chi connectivity index (χ4n) is 1.16. The van der Waals surface area contributed by atoms with E-state index in [1.807, 2.05) is 29.8 Å². The Bertz CT molecular complexity index is 313. The summed E-state index contributed by atoms with van der Waals surface area (Å²) in [6.45, 7) is 3.33. The monoisotopic (exact) mass is 195 g/mol. The zero-order valence-corrected chi connectivity index (χ0v) is 8.27. The summed E-state index contributed by atoms with van der Waals surface area (Å²) in [5.41, 5.74) is 5.80. The lowest BCUT2D eigenvalue weighted by Gasteiger charge is -2.01. The van der Waals surface area contributed by atoms with E-state index in [9.17, 15) is 4.79 Å². The molecule has 0 saturated carbocycles. The minimum Gasteiger partial charge on any atom is -0.456 e. The summed E-state index contributed by atoms with van der Waals surface area (Å²) in [5, 5.41) is 0. The van der Waals surface area contributed by atoms with Crippen molar-refractivity contribution in [1.82, 2.24) is 0 Å². The molecule has 76 valence electrons. The molecule has 0 saturated heterocycles. The molecule has 4 heteroatoms. The van der Waals surface area contributed by atoms with Crippen molar-refractivity contribution in [3.05, 3.63) is 30.1 Å². The van der Waals surface area contributed by atoms with Gasteiger partial charge in [-0.3, -0.25) is 0 Å². The molecule has 1 heterocycles. The lowest BCUT2D eigenvalue weighted by Crippen LogP contribution is -2.39. The van der Waals surface area contributed by atoms with Crippen LogP contribution in [0.1, 0.15) is 17.4 Å². The maximum atomic E-state index is 11.5. The predicted octanol–water partition coefficient (Wildman–Crippen LogP) is 0.110. The van der Waals surface area contributed by atoms with Gasteiger partial charge < -0.3 is 10.5 Å². The molecule has 1 aromatic heterocycles. The van der Waals surface area contributed by atoms with Gasteiger partial charge in [0.1, 0.15) is 13.2 Å². The molecule has 4 nitrogen and oxygen atoms in total. The SMILES string of the molecule is CC[n+]1ccccc1C(=O)OCCN. The molecule has 1 aromatic rings. The Balaban J connectivity index is 2.78. The van der Waals surface area contributed by atoms with Gasteiger partial charge in [-0.05, 0) is 13.0 Å². The number of pyridine rings is 1. The van der Waals surface area contributed by atoms with E-state index in [0.717, 1.165) is 6.54 Å². The van der Waals surface area contributed by atoms with E-state index in [1.54, 1.807) is 6.07 Å². The summed E-state index contributed by atoms with van der Waals surface area (Å²) in [5.74, 6) is -0.321. The zero-order valence-electron chi connectivity index (χ0n) is 8.27. The minimum atomic E-state index is -0.321. The van der Waals surface area contributed by atoms with Crippen LogP contribution in [0.3, 0.4) is 0 Å². The van der Waals surface area contributed by atoms with Gasteiger partial charge in [0.25, 0.3) is 5.69 Å². The molecule has 0 fully saturated rings. The Kier molecular flexibility index (Phi) is 4.07. The fourth-order valence-corrected chi connectivity index (χ4v) is 1.16. The molecule has 0 unspecified atom stereocenters. The summed E-state index contributed by atoms with van der Waals surface area (Å²) in [7, 11) is 0. The maximum absolute atomic E-state index is 11.5. The molecule has 0 atom stereocenters. The van der Waals surface area contributed by atoms with Crippen LogP contribution in [0, 0.1) is 0 Å². The molecule has 14 heavy (non-hydrogen) atoms. The van der Waals surface area contributed by atoms with Gasteiger partial charge in [-0.25, -0.2) is 4.79 Å². The molecule has 0 amide bonds. The Labute approximate surface area is 83.3 Å². The standard InChI is InChI=1S/C10H15N2O2/c1-2-12-7-4-3-5-9(12)10(13)14-8-6-11/h3-5,7H,2,6,8,11H2,1H3/q+1. The van der Waals surface area contributed by atoms with Crippen molar-refractivity contribution in [1.29, 1.82) is 0 Å². The fraction of sp³-hybridized carbons (Fsp3) is 0.400. The molecule has 0 aromatic carbocycles. The average Bonchev–Trinajstić information content (AvgIpc) is 2.25. The largest absolute Gasteiger partial charge is 0.456 e. The summed E-state index contributed by atoms with van der Waals surface area (Å²) >= 11 is 0. The second-order valence-electron chi connectivity index (χ2n) is 2.80. The quantitative estimate of drug-likeness (QED) is 0.548. The molecule has 0 spiro atoms. The molecule has 0 aliphatic heterocycles. The number of rotatable bonds is 4. The highest BCUT2D eigenvalue weighted by molar-refractivity contribution is 5.85. The van der Waals surface area contributed by atoms with E-state index in [-0.39, 0.29) is 12.6 Å². The van der Waals surface area contributed by atoms with Crippen LogP contribution in [-0.4, -0.2) is 19.1 Å². The Morgan fingerprint density at radius 2 is 2.36 bits per heavy atom. The van der Waals surface area contributed by atoms with E-state index in [0.29, 0.717) is 12.2 Å². The van der Waals surface area contributed by atoms with E-state index >= 15 is 0 Å². The topological polar surface area (TPSA) is 56.2 Å². The van der Waals surface area contributed by atoms with Gasteiger partial charge in [-0.15, -0.1) is 0 Å². The first-order valence-electron chi connectivity index (χ1n) is 4.65. The number of carbonyl (C=O) groups is 1. The summed E-state index contributed by atoms with van der Waals surface area (Å²) in [4.78, 5) is 11.5. The van der Waals surface area contributed by atoms with Crippen LogP contribution in [0.25, 0.3) is 0 Å². The summed E-state index contributed by atoms with van der Waals surface area (Å²) in [6.07, 6.45) is 1.85. The first kappa shape index (κ1) is 10.7. The van der Waals surface area contributed by atoms with Gasteiger partial charge in [-0.1, -0.05) is 0 Å². The first-order chi connectivity index (χ1) is 6.79. The zero-order chi connectivity index (χ0) is 10.4. The average molecular weight is 195 g/mol. The number of hydrogen-bond donors (Lipinski definition) is 1. The number of esters is 1. The van der Waals surface area contributed by atoms with Gasteiger partial charge in [0, 0.05) is 18.7 Å². The van der Waals surface area contributed by atoms with Crippen molar-refractivity contribution in [2.24, 2.45) is 5.73 Å². The smallest absolute Gasteiger partial charge is 0.403 e. The van der Waals surface area contributed by atoms with Crippen molar-refractivity contribution in [3.63, 3.8) is 0 Å². The number of carbonyl (C=O) groups excluding carboxylic acids is 1. The number of aromatic nitrogens is 1. The summed E-state index contributed by atoms with van der Waals surface area (Å²) in [6, 6.07) is 5.43. The van der Waals surface area contributed by atoms with Gasteiger partial charge in [0.15, 0.2) is 6.20 Å². The van der Waals surface area contributed by atoms with Crippen LogP contribution in [0.4, 0.5) is 0 Å². The summed E-state index contributed by atoms with van der Waals surface area (Å²) < 4.78 is 6.77. The highest BCUT2D eigenvalue weighted by Crippen LogP contribution is 1.94. The van der Waals surface area contributed by atoms with Crippen molar-refractivity contribution in [2.75, 3.05) is 13.2 Å². The van der Waals surface area contributed by atoms with Crippen LogP contribution < -0.4 is 10.3 Å². The van der Waals surface area contributed by atoms with Crippen molar-refractivity contribution >= 4 is 5.97 Å². The third-order valence-corrected chi connectivity index (χ3v) is 1.84. The Morgan fingerprint density at radius 1 is 1.57 bits per heavy atom. The number of aryl methyl sites for hydroxylation is 1. The van der Waals surface area contributed by atoms with Gasteiger partial charge in [0.05, 0.1) is 0 Å². The third-order valence-electron chi connectivity index (χ3n) is 1.84. The Hall–Kier alpha value is -1.42. The lowest BCUT2D eigenvalue weighted by molar-refractivity contribution is -0.696. The van der Waals surface area contributed by atoms with Crippen LogP contribution in [0.15, 0.2) is 24.4 Å². The number of ether oxygens (including phenoxy) is 1. The van der Waals surface area contributed by atoms with Gasteiger partial charge in [0.2, 0.25) is 0 Å². The Morgan fingerprint density at radius 3 is 3.00 bits per heavy atom. The van der Waals surface area contributed by atoms with E-state index in [2.05, 4.69) is 0 Å². The molecule has 1 rings (SSSR count). The highest BCUT2D eigenvalue weighted by Gasteiger charge is 2.17. The van der Waals surface area contributed by atoms with Crippen molar-refractivity contribution in [3.8, 4) is 0 Å². The second kappa shape index (κ2) is 5.34. The van der Waals surface area contributed by atoms with Crippen LogP contribution in [0.5, 0.6) is 0 Å². The number of nitrogens with two attached hydrogens (primary N) is 1. The predicted molar refractivity (Wildman–Crippen MR) is 51.6 cm³/mol. The maximum Gasteiger partial charge on any atom is 0.403 e. The number of nitrogens with zero attached hydrogens (tertiary/aromatic N) is 1. The molecule has 2 N–H and O–H groups in total. The first-order valence-corrected chi connectivity index (χ1v) is 4.65. The molecular formula is C10H15N2O2+. The molecule has 0 aliphatic rings. The molecule has 0 bridgehead atoms. The second-order valence-corrected chi connectivity index (χ2v) is 2.80. The van der Waals surface area contributed by atoms with Crippen LogP contribution >= 0.6 is 0 Å². The van der Waals surface area contributed by atoms with E-state index in [1.165, 1.54) is 0 Å². The normalized spacial score (nSPS) is 9.86. The van der Waals surface area contributed by atoms with Crippen molar-refractivity contribution in [2.45, 2.75) is 13.5 Å². The highest BCUT2D eigenvalue weighted by atomic mass is 16.5. The van der Waals surface area contributed by atoms with Gasteiger partial charge >= 0.3 is 5.97 Å². The van der Waals surface area contributed by atoms with Crippen LogP contribution in [-0.2, 0) is 11.3 Å². The van der Waals surface area contributed by atoms with Gasteiger partial charge in [-0.2, -0.15) is 4.57 Å². The third kappa shape index (κ3) is 2.53. The number of hydrogen-bond acceptors (Lipinski definition) is 3. The van der Waals surface area contributed by atoms with E-state index in [4.69, 9.17) is 10.5 Å². The molecule has 0 radical (unpaired) electrons. The molecular weight excluding hydrogens is 180 g/mol. The van der Waals surface area contributed by atoms with Crippen LogP contribution in [0.2, 0.25) is 0 Å². The molecule has 0 aliphatic carbocycles.